The van der Waals surface area contributed by atoms with Crippen molar-refractivity contribution in [3.63, 3.8) is 0 Å². The number of hydrogen-bond donors (Lipinski definition) is 1. The average Bonchev–Trinajstić information content (AvgIpc) is 2.65. The molecule has 0 bridgehead atoms. The first-order valence-electron chi connectivity index (χ1n) is 9.93. The second kappa shape index (κ2) is 7.11. The number of allylic oxidation sites excluding steroid dienone is 2. The van der Waals surface area contributed by atoms with E-state index in [4.69, 9.17) is 9.47 Å². The highest BCUT2D eigenvalue weighted by Gasteiger charge is 2.30. The Morgan fingerprint density at radius 2 is 2.03 bits per heavy atom. The summed E-state index contributed by atoms with van der Waals surface area (Å²) in [6.07, 6.45) is 6.93. The average molecular weight is 390 g/mol. The summed E-state index contributed by atoms with van der Waals surface area (Å²) in [5.74, 6) is 1.43. The maximum atomic E-state index is 12.6. The Morgan fingerprint density at radius 1 is 1.24 bits per heavy atom. The lowest BCUT2D eigenvalue weighted by molar-refractivity contribution is 0.0849. The van der Waals surface area contributed by atoms with Gasteiger partial charge in [-0.05, 0) is 75.6 Å². The SMILES string of the molecule is CC(C)=CCc1cc([C@@H]2CC(=O)c3ccc(O)cc3O2)cc2c1OC(C)(C)C=C2. The molecule has 0 radical (unpaired) electrons. The molecular formula is C25H26O4. The molecule has 2 aromatic carbocycles. The van der Waals surface area contributed by atoms with E-state index in [1.54, 1.807) is 6.07 Å². The van der Waals surface area contributed by atoms with Gasteiger partial charge in [0.2, 0.25) is 0 Å². The topological polar surface area (TPSA) is 55.8 Å². The Morgan fingerprint density at radius 3 is 2.79 bits per heavy atom. The Labute approximate surface area is 171 Å². The van der Waals surface area contributed by atoms with Crippen molar-refractivity contribution in [2.45, 2.75) is 52.2 Å². The minimum absolute atomic E-state index is 0.0211. The molecule has 0 amide bonds. The van der Waals surface area contributed by atoms with Crippen LogP contribution in [0, 0.1) is 0 Å². The van der Waals surface area contributed by atoms with Crippen LogP contribution in [0.5, 0.6) is 17.2 Å². The molecule has 2 aliphatic rings. The number of carbonyl (C=O) groups excluding carboxylic acids is 1. The van der Waals surface area contributed by atoms with E-state index in [-0.39, 0.29) is 23.6 Å². The normalized spacial score (nSPS) is 18.9. The zero-order valence-electron chi connectivity index (χ0n) is 17.3. The predicted molar refractivity (Wildman–Crippen MR) is 114 cm³/mol. The van der Waals surface area contributed by atoms with E-state index in [0.717, 1.165) is 28.9 Å². The zero-order chi connectivity index (χ0) is 20.8. The third-order valence-electron chi connectivity index (χ3n) is 5.25. The molecular weight excluding hydrogens is 364 g/mol. The summed E-state index contributed by atoms with van der Waals surface area (Å²) in [7, 11) is 0. The summed E-state index contributed by atoms with van der Waals surface area (Å²) in [6.45, 7) is 8.23. The van der Waals surface area contributed by atoms with Crippen LogP contribution < -0.4 is 9.47 Å². The van der Waals surface area contributed by atoms with Crippen LogP contribution in [0.1, 0.15) is 67.3 Å². The van der Waals surface area contributed by atoms with E-state index in [1.165, 1.54) is 17.7 Å². The number of ketones is 1. The van der Waals surface area contributed by atoms with E-state index in [0.29, 0.717) is 11.3 Å². The summed E-state index contributed by atoms with van der Waals surface area (Å²) in [5.41, 5.74) is 4.42. The van der Waals surface area contributed by atoms with Gasteiger partial charge < -0.3 is 14.6 Å². The number of hydrogen-bond acceptors (Lipinski definition) is 4. The lowest BCUT2D eigenvalue weighted by Crippen LogP contribution is -2.28. The molecule has 0 aliphatic carbocycles. The maximum Gasteiger partial charge on any atom is 0.170 e. The highest BCUT2D eigenvalue weighted by molar-refractivity contribution is 6.00. The molecule has 4 heteroatoms. The van der Waals surface area contributed by atoms with Crippen LogP contribution in [-0.4, -0.2) is 16.5 Å². The van der Waals surface area contributed by atoms with Gasteiger partial charge in [-0.15, -0.1) is 0 Å². The highest BCUT2D eigenvalue weighted by Crippen LogP contribution is 2.41. The van der Waals surface area contributed by atoms with Crippen LogP contribution >= 0.6 is 0 Å². The van der Waals surface area contributed by atoms with Crippen LogP contribution in [-0.2, 0) is 6.42 Å². The van der Waals surface area contributed by atoms with Gasteiger partial charge in [-0.1, -0.05) is 17.7 Å². The first-order valence-corrected chi connectivity index (χ1v) is 9.93. The lowest BCUT2D eigenvalue weighted by Gasteiger charge is -2.31. The molecule has 2 aliphatic heterocycles. The standard InChI is InChI=1S/C25H26O4/c1-15(2)5-6-16-11-18(12-17-9-10-25(3,4)29-24(16)17)22-14-21(27)20-8-7-19(26)13-23(20)28-22/h5,7-13,22,26H,6,14H2,1-4H3/t22-/m0/s1. The van der Waals surface area contributed by atoms with Crippen molar-refractivity contribution in [2.75, 3.05) is 0 Å². The molecule has 1 atom stereocenters. The van der Waals surface area contributed by atoms with Crippen LogP contribution in [0.4, 0.5) is 0 Å². The molecule has 0 aromatic heterocycles. The summed E-state index contributed by atoms with van der Waals surface area (Å²) in [5, 5.41) is 9.78. The van der Waals surface area contributed by atoms with Gasteiger partial charge in [0.15, 0.2) is 5.78 Å². The monoisotopic (exact) mass is 390 g/mol. The van der Waals surface area contributed by atoms with Crippen molar-refractivity contribution in [1.82, 2.24) is 0 Å². The highest BCUT2D eigenvalue weighted by atomic mass is 16.5. The quantitative estimate of drug-likeness (QED) is 0.674. The van der Waals surface area contributed by atoms with E-state index < -0.39 is 6.10 Å². The molecule has 0 spiro atoms. The Bertz CT molecular complexity index is 1040. The molecule has 2 heterocycles. The van der Waals surface area contributed by atoms with Gasteiger partial charge in [-0.3, -0.25) is 4.79 Å². The Balaban J connectivity index is 1.76. The predicted octanol–water partition coefficient (Wildman–Crippen LogP) is 5.79. The van der Waals surface area contributed by atoms with Crippen molar-refractivity contribution < 1.29 is 19.4 Å². The first-order chi connectivity index (χ1) is 13.7. The molecule has 1 N–H and O–H groups in total. The second-order valence-electron chi connectivity index (χ2n) is 8.54. The first kappa shape index (κ1) is 19.3. The molecule has 0 unspecified atom stereocenters. The van der Waals surface area contributed by atoms with Crippen molar-refractivity contribution in [3.8, 4) is 17.2 Å². The van der Waals surface area contributed by atoms with Gasteiger partial charge in [-0.25, -0.2) is 0 Å². The number of ether oxygens (including phenoxy) is 2. The van der Waals surface area contributed by atoms with Crippen molar-refractivity contribution in [2.24, 2.45) is 0 Å². The second-order valence-corrected chi connectivity index (χ2v) is 8.54. The molecule has 4 rings (SSSR count). The summed E-state index contributed by atoms with van der Waals surface area (Å²) in [6, 6.07) is 8.77. The van der Waals surface area contributed by atoms with E-state index in [2.05, 4.69) is 32.1 Å². The molecule has 150 valence electrons. The number of aromatic hydroxyl groups is 1. The number of rotatable bonds is 3. The fraction of sp³-hybridized carbons (Fsp3) is 0.320. The Hall–Kier alpha value is -3.01. The van der Waals surface area contributed by atoms with Crippen LogP contribution in [0.2, 0.25) is 0 Å². The third kappa shape index (κ3) is 3.93. The van der Waals surface area contributed by atoms with Crippen LogP contribution in [0.3, 0.4) is 0 Å². The number of benzene rings is 2. The van der Waals surface area contributed by atoms with Gasteiger partial charge in [0.05, 0.1) is 12.0 Å². The number of phenolic OH excluding ortho intramolecular Hbond substituents is 1. The van der Waals surface area contributed by atoms with E-state index >= 15 is 0 Å². The molecule has 0 saturated heterocycles. The minimum Gasteiger partial charge on any atom is -0.508 e. The summed E-state index contributed by atoms with van der Waals surface area (Å²) >= 11 is 0. The number of carbonyl (C=O) groups is 1. The molecule has 2 aromatic rings. The van der Waals surface area contributed by atoms with Crippen LogP contribution in [0.15, 0.2) is 48.1 Å². The molecule has 29 heavy (non-hydrogen) atoms. The van der Waals surface area contributed by atoms with Crippen molar-refractivity contribution in [1.29, 1.82) is 0 Å². The third-order valence-corrected chi connectivity index (χ3v) is 5.25. The minimum atomic E-state index is -0.393. The Kier molecular flexibility index (Phi) is 4.73. The van der Waals surface area contributed by atoms with Gasteiger partial charge in [0, 0.05) is 11.6 Å². The van der Waals surface area contributed by atoms with Crippen molar-refractivity contribution >= 4 is 11.9 Å². The summed E-state index contributed by atoms with van der Waals surface area (Å²) < 4.78 is 12.4. The van der Waals surface area contributed by atoms with Gasteiger partial charge in [0.25, 0.3) is 0 Å². The molecule has 0 fully saturated rings. The lowest BCUT2D eigenvalue weighted by atomic mass is 9.91. The van der Waals surface area contributed by atoms with Gasteiger partial charge >= 0.3 is 0 Å². The smallest absolute Gasteiger partial charge is 0.170 e. The number of phenols is 1. The van der Waals surface area contributed by atoms with Gasteiger partial charge in [0.1, 0.15) is 29.0 Å². The fourth-order valence-electron chi connectivity index (χ4n) is 3.72. The summed E-state index contributed by atoms with van der Waals surface area (Å²) in [4.78, 5) is 12.6. The molecule has 4 nitrogen and oxygen atoms in total. The van der Waals surface area contributed by atoms with Crippen LogP contribution in [0.25, 0.3) is 6.08 Å². The number of Topliss-reactive ketones (excluding diaryl/α,β-unsaturated/α-hetero) is 1. The van der Waals surface area contributed by atoms with E-state index in [1.807, 2.05) is 26.0 Å². The zero-order valence-corrected chi connectivity index (χ0v) is 17.3. The van der Waals surface area contributed by atoms with Crippen molar-refractivity contribution in [3.05, 3.63) is 70.3 Å². The van der Waals surface area contributed by atoms with E-state index in [9.17, 15) is 9.90 Å². The molecule has 0 saturated carbocycles. The maximum absolute atomic E-state index is 12.6. The number of fused-ring (bicyclic) bond motifs is 2. The fourth-order valence-corrected chi connectivity index (χ4v) is 3.72. The van der Waals surface area contributed by atoms with Gasteiger partial charge in [-0.2, -0.15) is 0 Å². The largest absolute Gasteiger partial charge is 0.508 e.